The number of ether oxygens (including phenoxy) is 1. The molecule has 6 nitrogen and oxygen atoms in total. The highest BCUT2D eigenvalue weighted by Crippen LogP contribution is 2.38. The summed E-state index contributed by atoms with van der Waals surface area (Å²) in [6.07, 6.45) is -0.197. The number of esters is 1. The summed E-state index contributed by atoms with van der Waals surface area (Å²) in [7, 11) is 0. The maximum absolute atomic E-state index is 12.8. The fourth-order valence-corrected chi connectivity index (χ4v) is 3.45. The molecule has 132 valence electrons. The summed E-state index contributed by atoms with van der Waals surface area (Å²) in [5.41, 5.74) is 2.83. The molecule has 1 fully saturated rings. The number of benzene rings is 2. The summed E-state index contributed by atoms with van der Waals surface area (Å²) in [6.45, 7) is 1.97. The molecule has 2 amide bonds. The number of nitrogens with one attached hydrogen (secondary N) is 1. The molecule has 2 aliphatic rings. The van der Waals surface area contributed by atoms with E-state index in [0.717, 1.165) is 5.56 Å². The van der Waals surface area contributed by atoms with Gasteiger partial charge in [-0.1, -0.05) is 35.9 Å². The van der Waals surface area contributed by atoms with Crippen LogP contribution in [0.1, 0.15) is 40.6 Å². The third kappa shape index (κ3) is 2.73. The van der Waals surface area contributed by atoms with Crippen LogP contribution in [0, 0.1) is 6.92 Å². The van der Waals surface area contributed by atoms with E-state index in [1.807, 2.05) is 31.2 Å². The van der Waals surface area contributed by atoms with Gasteiger partial charge in [0.25, 0.3) is 0 Å². The molecule has 2 aromatic rings. The number of hydrogen-bond donors (Lipinski definition) is 1. The van der Waals surface area contributed by atoms with Gasteiger partial charge < -0.3 is 10.1 Å². The van der Waals surface area contributed by atoms with Crippen LogP contribution in [0.25, 0.3) is 0 Å². The lowest BCUT2D eigenvalue weighted by Crippen LogP contribution is -2.43. The van der Waals surface area contributed by atoms with Gasteiger partial charge in [-0.2, -0.15) is 0 Å². The van der Waals surface area contributed by atoms with Crippen molar-refractivity contribution >= 4 is 23.5 Å². The summed E-state index contributed by atoms with van der Waals surface area (Å²) in [6, 6.07) is 13.7. The van der Waals surface area contributed by atoms with E-state index < -0.39 is 18.2 Å². The normalized spacial score (nSPS) is 21.5. The molecule has 4 rings (SSSR count). The maximum Gasteiger partial charge on any atom is 0.340 e. The van der Waals surface area contributed by atoms with Crippen molar-refractivity contribution in [2.24, 2.45) is 0 Å². The van der Waals surface area contributed by atoms with E-state index in [9.17, 15) is 14.4 Å². The van der Waals surface area contributed by atoms with Gasteiger partial charge in [-0.15, -0.1) is 0 Å². The highest BCUT2D eigenvalue weighted by atomic mass is 16.6. The van der Waals surface area contributed by atoms with Gasteiger partial charge in [-0.25, -0.2) is 4.79 Å². The molecule has 2 heterocycles. The zero-order chi connectivity index (χ0) is 18.3. The molecule has 1 N–H and O–H groups in total. The van der Waals surface area contributed by atoms with Crippen LogP contribution >= 0.6 is 0 Å². The Morgan fingerprint density at radius 2 is 1.85 bits per heavy atom. The minimum atomic E-state index is -0.845. The number of fused-ring (bicyclic) bond motifs is 1. The van der Waals surface area contributed by atoms with Gasteiger partial charge in [0.05, 0.1) is 5.56 Å². The molecule has 0 bridgehead atoms. The second-order valence-corrected chi connectivity index (χ2v) is 6.56. The van der Waals surface area contributed by atoms with Crippen molar-refractivity contribution in [3.8, 4) is 0 Å². The zero-order valence-corrected chi connectivity index (χ0v) is 14.3. The van der Waals surface area contributed by atoms with E-state index in [4.69, 9.17) is 4.74 Å². The van der Waals surface area contributed by atoms with E-state index in [-0.39, 0.29) is 18.2 Å². The summed E-state index contributed by atoms with van der Waals surface area (Å²) in [4.78, 5) is 38.7. The van der Waals surface area contributed by atoms with Crippen molar-refractivity contribution in [2.75, 3.05) is 5.32 Å². The van der Waals surface area contributed by atoms with Gasteiger partial charge in [-0.3, -0.25) is 14.5 Å². The van der Waals surface area contributed by atoms with E-state index in [1.54, 1.807) is 24.3 Å². The Kier molecular flexibility index (Phi) is 3.95. The minimum Gasteiger partial charge on any atom is -0.433 e. The molecule has 26 heavy (non-hydrogen) atoms. The van der Waals surface area contributed by atoms with Crippen molar-refractivity contribution < 1.29 is 19.1 Å². The van der Waals surface area contributed by atoms with Gasteiger partial charge in [-0.05, 0) is 31.5 Å². The number of anilines is 1. The number of likely N-dealkylation sites (tertiary alicyclic amines) is 1. The molecule has 0 unspecified atom stereocenters. The molecular weight excluding hydrogens is 332 g/mol. The van der Waals surface area contributed by atoms with Crippen LogP contribution in [0.4, 0.5) is 5.69 Å². The Morgan fingerprint density at radius 1 is 1.12 bits per heavy atom. The quantitative estimate of drug-likeness (QED) is 0.864. The number of nitrogens with zero attached hydrogens (tertiary/aromatic N) is 1. The number of rotatable bonds is 3. The molecular formula is C20H18N2O4. The van der Waals surface area contributed by atoms with Crippen LogP contribution in [0.5, 0.6) is 0 Å². The minimum absolute atomic E-state index is 0.191. The van der Waals surface area contributed by atoms with E-state index >= 15 is 0 Å². The highest BCUT2D eigenvalue weighted by molar-refractivity contribution is 6.00. The van der Waals surface area contributed by atoms with Crippen molar-refractivity contribution in [3.05, 3.63) is 65.2 Å². The summed E-state index contributed by atoms with van der Waals surface area (Å²) < 4.78 is 5.42. The topological polar surface area (TPSA) is 75.7 Å². The molecule has 6 heteroatoms. The predicted molar refractivity (Wildman–Crippen MR) is 94.3 cm³/mol. The number of amides is 2. The number of aryl methyl sites for hydroxylation is 1. The Morgan fingerprint density at radius 3 is 2.62 bits per heavy atom. The van der Waals surface area contributed by atoms with Crippen molar-refractivity contribution in [2.45, 2.75) is 32.0 Å². The maximum atomic E-state index is 12.8. The van der Waals surface area contributed by atoms with Crippen LogP contribution in [0.3, 0.4) is 0 Å². The molecule has 0 radical (unpaired) electrons. The number of carbonyl (C=O) groups excluding carboxylic acids is 3. The third-order valence-corrected chi connectivity index (χ3v) is 4.80. The lowest BCUT2D eigenvalue weighted by molar-refractivity contribution is -0.144. The van der Waals surface area contributed by atoms with Crippen LogP contribution in [0.2, 0.25) is 0 Å². The average molecular weight is 350 g/mol. The Balaban J connectivity index is 1.59. The van der Waals surface area contributed by atoms with Crippen LogP contribution in [-0.4, -0.2) is 28.7 Å². The number of carbonyl (C=O) groups is 3. The van der Waals surface area contributed by atoms with Crippen molar-refractivity contribution in [1.29, 1.82) is 0 Å². The van der Waals surface area contributed by atoms with Crippen molar-refractivity contribution in [3.63, 3.8) is 0 Å². The van der Waals surface area contributed by atoms with Crippen LogP contribution < -0.4 is 5.32 Å². The molecule has 0 aromatic heterocycles. The van der Waals surface area contributed by atoms with E-state index in [0.29, 0.717) is 23.2 Å². The molecule has 1 saturated heterocycles. The van der Waals surface area contributed by atoms with Crippen LogP contribution in [-0.2, 0) is 14.3 Å². The van der Waals surface area contributed by atoms with Crippen molar-refractivity contribution in [1.82, 2.24) is 4.90 Å². The Labute approximate surface area is 150 Å². The smallest absolute Gasteiger partial charge is 0.340 e. The first-order valence-electron chi connectivity index (χ1n) is 8.53. The first kappa shape index (κ1) is 16.3. The van der Waals surface area contributed by atoms with Gasteiger partial charge in [0.15, 0.2) is 0 Å². The largest absolute Gasteiger partial charge is 0.433 e. The highest BCUT2D eigenvalue weighted by Gasteiger charge is 2.46. The molecule has 0 saturated carbocycles. The predicted octanol–water partition coefficient (Wildman–Crippen LogP) is 2.79. The monoisotopic (exact) mass is 350 g/mol. The Hall–Kier alpha value is -3.15. The molecule has 2 aliphatic heterocycles. The molecule has 2 aromatic carbocycles. The number of hydrogen-bond acceptors (Lipinski definition) is 4. The first-order chi connectivity index (χ1) is 12.5. The number of cyclic esters (lactones) is 1. The van der Waals surface area contributed by atoms with Crippen LogP contribution in [0.15, 0.2) is 48.5 Å². The molecule has 2 atom stereocenters. The van der Waals surface area contributed by atoms with E-state index in [2.05, 4.69) is 5.32 Å². The lowest BCUT2D eigenvalue weighted by Gasteiger charge is -2.29. The summed E-state index contributed by atoms with van der Waals surface area (Å²) in [5.74, 6) is -0.938. The van der Waals surface area contributed by atoms with E-state index in [1.165, 1.54) is 4.90 Å². The van der Waals surface area contributed by atoms with Gasteiger partial charge >= 0.3 is 5.97 Å². The third-order valence-electron chi connectivity index (χ3n) is 4.80. The summed E-state index contributed by atoms with van der Waals surface area (Å²) in [5, 5.41) is 2.85. The average Bonchev–Trinajstić information content (AvgIpc) is 3.17. The lowest BCUT2D eigenvalue weighted by atomic mass is 10.1. The fourth-order valence-electron chi connectivity index (χ4n) is 3.45. The zero-order valence-electron chi connectivity index (χ0n) is 14.3. The first-order valence-corrected chi connectivity index (χ1v) is 8.53. The molecule has 0 aliphatic carbocycles. The SMILES string of the molecule is Cc1ccc(NC(=O)[C@H]2CCC(=O)N2[C@H]2OC(=O)c3ccccc32)cc1. The summed E-state index contributed by atoms with van der Waals surface area (Å²) >= 11 is 0. The van der Waals surface area contributed by atoms with Gasteiger partial charge in [0.1, 0.15) is 6.04 Å². The Bertz CT molecular complexity index is 891. The molecule has 0 spiro atoms. The second-order valence-electron chi connectivity index (χ2n) is 6.56. The van der Waals surface area contributed by atoms with Gasteiger partial charge in [0, 0.05) is 17.7 Å². The second kappa shape index (κ2) is 6.29. The van der Waals surface area contributed by atoms with Gasteiger partial charge in [0.2, 0.25) is 18.0 Å². The fraction of sp³-hybridized carbons (Fsp3) is 0.250. The standard InChI is InChI=1S/C20H18N2O4/c1-12-6-8-13(9-7-12)21-18(24)16-10-11-17(23)22(16)19-14-4-2-3-5-15(14)20(25)26-19/h2-9,16,19H,10-11H2,1H3,(H,21,24)/t16-,19+/m1/s1.